The molecule has 1 atom stereocenters. The Labute approximate surface area is 110 Å². The van der Waals surface area contributed by atoms with E-state index in [4.69, 9.17) is 5.73 Å². The molecule has 2 N–H and O–H groups in total. The zero-order valence-corrected chi connectivity index (χ0v) is 11.8. The van der Waals surface area contributed by atoms with Crippen LogP contribution in [0.15, 0.2) is 18.3 Å². The standard InChI is InChI=1S/C15H25N3/c1-15(2,3)13-7-10-18(11-13)14-12(6-8-16)5-4-9-17-14/h4-5,9,13H,6-8,10-11,16H2,1-3H3. The van der Waals surface area contributed by atoms with Crippen LogP contribution >= 0.6 is 0 Å². The average Bonchev–Trinajstić information content (AvgIpc) is 2.79. The van der Waals surface area contributed by atoms with Gasteiger partial charge in [0.25, 0.3) is 0 Å². The van der Waals surface area contributed by atoms with Crippen molar-refractivity contribution < 1.29 is 0 Å². The Kier molecular flexibility index (Phi) is 3.91. The minimum absolute atomic E-state index is 0.386. The molecular weight excluding hydrogens is 222 g/mol. The lowest BCUT2D eigenvalue weighted by Gasteiger charge is -2.27. The van der Waals surface area contributed by atoms with Crippen molar-refractivity contribution >= 4 is 5.82 Å². The van der Waals surface area contributed by atoms with Gasteiger partial charge in [-0.15, -0.1) is 0 Å². The van der Waals surface area contributed by atoms with Gasteiger partial charge in [-0.1, -0.05) is 26.8 Å². The van der Waals surface area contributed by atoms with E-state index in [0.717, 1.165) is 31.2 Å². The maximum atomic E-state index is 5.68. The molecule has 0 aliphatic carbocycles. The summed E-state index contributed by atoms with van der Waals surface area (Å²) >= 11 is 0. The minimum Gasteiger partial charge on any atom is -0.356 e. The van der Waals surface area contributed by atoms with Crippen LogP contribution in [-0.2, 0) is 6.42 Å². The lowest BCUT2D eigenvalue weighted by atomic mass is 9.80. The number of pyridine rings is 1. The Bertz CT molecular complexity index is 395. The van der Waals surface area contributed by atoms with E-state index in [9.17, 15) is 0 Å². The maximum Gasteiger partial charge on any atom is 0.131 e. The van der Waals surface area contributed by atoms with Gasteiger partial charge in [-0.05, 0) is 42.3 Å². The van der Waals surface area contributed by atoms with Gasteiger partial charge in [-0.2, -0.15) is 0 Å². The Morgan fingerprint density at radius 3 is 2.83 bits per heavy atom. The molecule has 1 fully saturated rings. The van der Waals surface area contributed by atoms with Crippen LogP contribution in [0.2, 0.25) is 0 Å². The van der Waals surface area contributed by atoms with E-state index >= 15 is 0 Å². The van der Waals surface area contributed by atoms with Crippen LogP contribution in [-0.4, -0.2) is 24.6 Å². The third-order valence-electron chi connectivity index (χ3n) is 3.99. The summed E-state index contributed by atoms with van der Waals surface area (Å²) in [6, 6.07) is 4.16. The summed E-state index contributed by atoms with van der Waals surface area (Å²) in [7, 11) is 0. The van der Waals surface area contributed by atoms with Crippen molar-refractivity contribution in [1.29, 1.82) is 0 Å². The minimum atomic E-state index is 0.386. The van der Waals surface area contributed by atoms with Crippen LogP contribution in [0.5, 0.6) is 0 Å². The molecule has 1 aromatic heterocycles. The number of rotatable bonds is 3. The molecule has 0 amide bonds. The van der Waals surface area contributed by atoms with E-state index in [1.807, 2.05) is 12.3 Å². The van der Waals surface area contributed by atoms with Gasteiger partial charge in [0.1, 0.15) is 5.82 Å². The number of nitrogens with zero attached hydrogens (tertiary/aromatic N) is 2. The summed E-state index contributed by atoms with van der Waals surface area (Å²) < 4.78 is 0. The number of nitrogens with two attached hydrogens (primary N) is 1. The zero-order valence-electron chi connectivity index (χ0n) is 11.8. The van der Waals surface area contributed by atoms with Crippen molar-refractivity contribution in [1.82, 2.24) is 4.98 Å². The number of aromatic nitrogens is 1. The van der Waals surface area contributed by atoms with E-state index in [2.05, 4.69) is 36.7 Å². The molecule has 2 rings (SSSR count). The van der Waals surface area contributed by atoms with Gasteiger partial charge in [0.05, 0.1) is 0 Å². The van der Waals surface area contributed by atoms with Crippen LogP contribution < -0.4 is 10.6 Å². The van der Waals surface area contributed by atoms with Crippen molar-refractivity contribution in [2.45, 2.75) is 33.6 Å². The quantitative estimate of drug-likeness (QED) is 0.892. The number of anilines is 1. The fourth-order valence-electron chi connectivity index (χ4n) is 2.73. The number of hydrogen-bond acceptors (Lipinski definition) is 3. The van der Waals surface area contributed by atoms with Crippen LogP contribution in [0.4, 0.5) is 5.82 Å². The Hall–Kier alpha value is -1.09. The molecule has 3 heteroatoms. The fraction of sp³-hybridized carbons (Fsp3) is 0.667. The average molecular weight is 247 g/mol. The van der Waals surface area contributed by atoms with Gasteiger partial charge in [0.15, 0.2) is 0 Å². The molecule has 1 aliphatic rings. The van der Waals surface area contributed by atoms with Gasteiger partial charge in [0, 0.05) is 19.3 Å². The molecule has 100 valence electrons. The van der Waals surface area contributed by atoms with Crippen molar-refractivity contribution in [2.75, 3.05) is 24.5 Å². The third kappa shape index (κ3) is 2.83. The fourth-order valence-corrected chi connectivity index (χ4v) is 2.73. The summed E-state index contributed by atoms with van der Waals surface area (Å²) in [5, 5.41) is 0. The van der Waals surface area contributed by atoms with Crippen LogP contribution in [0, 0.1) is 11.3 Å². The van der Waals surface area contributed by atoms with Gasteiger partial charge in [-0.3, -0.25) is 0 Å². The van der Waals surface area contributed by atoms with Crippen molar-refractivity contribution in [3.63, 3.8) is 0 Å². The molecule has 1 unspecified atom stereocenters. The zero-order chi connectivity index (χ0) is 13.2. The smallest absolute Gasteiger partial charge is 0.131 e. The summed E-state index contributed by atoms with van der Waals surface area (Å²) in [4.78, 5) is 7.00. The van der Waals surface area contributed by atoms with E-state index < -0.39 is 0 Å². The first-order valence-electron chi connectivity index (χ1n) is 6.91. The second kappa shape index (κ2) is 5.27. The highest BCUT2D eigenvalue weighted by Gasteiger charge is 2.32. The Morgan fingerprint density at radius 1 is 1.44 bits per heavy atom. The van der Waals surface area contributed by atoms with E-state index in [1.54, 1.807) is 0 Å². The molecule has 2 heterocycles. The first-order chi connectivity index (χ1) is 8.52. The predicted molar refractivity (Wildman–Crippen MR) is 76.8 cm³/mol. The van der Waals surface area contributed by atoms with E-state index in [-0.39, 0.29) is 0 Å². The van der Waals surface area contributed by atoms with Crippen molar-refractivity contribution in [2.24, 2.45) is 17.1 Å². The SMILES string of the molecule is CC(C)(C)C1CCN(c2ncccc2CCN)C1. The molecular formula is C15H25N3. The summed E-state index contributed by atoms with van der Waals surface area (Å²) in [6.07, 6.45) is 4.07. The highest BCUT2D eigenvalue weighted by Crippen LogP contribution is 2.35. The lowest BCUT2D eigenvalue weighted by Crippen LogP contribution is -2.27. The van der Waals surface area contributed by atoms with Crippen LogP contribution in [0.25, 0.3) is 0 Å². The summed E-state index contributed by atoms with van der Waals surface area (Å²) in [6.45, 7) is 9.94. The van der Waals surface area contributed by atoms with Gasteiger partial charge in [-0.25, -0.2) is 4.98 Å². The van der Waals surface area contributed by atoms with Gasteiger partial charge < -0.3 is 10.6 Å². The Balaban J connectivity index is 2.14. The lowest BCUT2D eigenvalue weighted by molar-refractivity contribution is 0.263. The predicted octanol–water partition coefficient (Wildman–Crippen LogP) is 2.46. The number of hydrogen-bond donors (Lipinski definition) is 1. The Morgan fingerprint density at radius 2 is 2.22 bits per heavy atom. The molecule has 0 saturated carbocycles. The molecule has 0 radical (unpaired) electrons. The second-order valence-corrected chi connectivity index (χ2v) is 6.32. The molecule has 3 nitrogen and oxygen atoms in total. The van der Waals surface area contributed by atoms with Gasteiger partial charge >= 0.3 is 0 Å². The van der Waals surface area contributed by atoms with Crippen molar-refractivity contribution in [3.8, 4) is 0 Å². The molecule has 1 aliphatic heterocycles. The summed E-state index contributed by atoms with van der Waals surface area (Å²) in [5.41, 5.74) is 7.35. The monoisotopic (exact) mass is 247 g/mol. The molecule has 0 bridgehead atoms. The molecule has 1 aromatic rings. The highest BCUT2D eigenvalue weighted by molar-refractivity contribution is 5.48. The summed E-state index contributed by atoms with van der Waals surface area (Å²) in [5.74, 6) is 1.90. The second-order valence-electron chi connectivity index (χ2n) is 6.32. The van der Waals surface area contributed by atoms with Gasteiger partial charge in [0.2, 0.25) is 0 Å². The van der Waals surface area contributed by atoms with Crippen LogP contribution in [0.1, 0.15) is 32.8 Å². The molecule has 1 saturated heterocycles. The van der Waals surface area contributed by atoms with Crippen molar-refractivity contribution in [3.05, 3.63) is 23.9 Å². The molecule has 0 aromatic carbocycles. The molecule has 18 heavy (non-hydrogen) atoms. The third-order valence-corrected chi connectivity index (χ3v) is 3.99. The molecule has 0 spiro atoms. The van der Waals surface area contributed by atoms with Crippen LogP contribution in [0.3, 0.4) is 0 Å². The largest absolute Gasteiger partial charge is 0.356 e. The first-order valence-corrected chi connectivity index (χ1v) is 6.91. The topological polar surface area (TPSA) is 42.2 Å². The normalized spacial score (nSPS) is 20.4. The van der Waals surface area contributed by atoms with E-state index in [0.29, 0.717) is 12.0 Å². The maximum absolute atomic E-state index is 5.68. The first kappa shape index (κ1) is 13.3. The van der Waals surface area contributed by atoms with E-state index in [1.165, 1.54) is 12.0 Å². The highest BCUT2D eigenvalue weighted by atomic mass is 15.2.